The molecule has 1 aromatic carbocycles. The molecule has 3 aromatic heterocycles. The van der Waals surface area contributed by atoms with Crippen molar-refractivity contribution in [2.75, 3.05) is 11.4 Å². The molecule has 0 N–H and O–H groups in total. The lowest BCUT2D eigenvalue weighted by atomic mass is 10.1. The molecule has 6 rings (SSSR count). The molecule has 0 unspecified atom stereocenters. The van der Waals surface area contributed by atoms with Crippen LogP contribution in [0.5, 0.6) is 0 Å². The Morgan fingerprint density at radius 2 is 1.89 bits per heavy atom. The van der Waals surface area contributed by atoms with Crippen LogP contribution < -0.4 is 4.90 Å². The monoisotopic (exact) mass is 374 g/mol. The topological polar surface area (TPSA) is 59.7 Å². The number of thiophene rings is 1. The van der Waals surface area contributed by atoms with Gasteiger partial charge in [-0.1, -0.05) is 30.3 Å². The Labute approximate surface area is 160 Å². The zero-order valence-electron chi connectivity index (χ0n) is 14.8. The summed E-state index contributed by atoms with van der Waals surface area (Å²) in [7, 11) is 0. The first-order chi connectivity index (χ1) is 13.4. The molecule has 0 spiro atoms. The second-order valence-corrected chi connectivity index (χ2v) is 8.20. The van der Waals surface area contributed by atoms with E-state index in [-0.39, 0.29) is 0 Å². The van der Waals surface area contributed by atoms with Crippen LogP contribution in [0.4, 0.5) is 5.82 Å². The average Bonchev–Trinajstić information content (AvgIpc) is 3.42. The minimum absolute atomic E-state index is 0.733. The molecule has 4 heterocycles. The fourth-order valence-corrected chi connectivity index (χ4v) is 5.51. The quantitative estimate of drug-likeness (QED) is 0.538. The number of aryl methyl sites for hydroxylation is 2. The number of fused-ring (bicyclic) bond motifs is 4. The lowest BCUT2D eigenvalue weighted by molar-refractivity contribution is 0.561. The molecule has 4 aromatic rings. The van der Waals surface area contributed by atoms with E-state index in [1.807, 2.05) is 29.5 Å². The molecule has 0 fully saturated rings. The van der Waals surface area contributed by atoms with E-state index in [0.29, 0.717) is 0 Å². The highest BCUT2D eigenvalue weighted by atomic mass is 32.1. The molecule has 7 heteroatoms. The molecule has 6 nitrogen and oxygen atoms in total. The lowest BCUT2D eigenvalue weighted by Crippen LogP contribution is -2.34. The molecule has 0 amide bonds. The van der Waals surface area contributed by atoms with Crippen molar-refractivity contribution in [1.82, 2.24) is 24.7 Å². The van der Waals surface area contributed by atoms with Gasteiger partial charge in [-0.3, -0.25) is 0 Å². The van der Waals surface area contributed by atoms with Gasteiger partial charge in [-0.05, 0) is 24.8 Å². The number of anilines is 1. The second-order valence-electron chi connectivity index (χ2n) is 7.11. The van der Waals surface area contributed by atoms with Gasteiger partial charge in [0.05, 0.1) is 11.9 Å². The molecular weight excluding hydrogens is 356 g/mol. The van der Waals surface area contributed by atoms with E-state index in [1.54, 1.807) is 6.33 Å². The number of aromatic nitrogens is 5. The van der Waals surface area contributed by atoms with Crippen molar-refractivity contribution in [2.24, 2.45) is 0 Å². The maximum Gasteiger partial charge on any atom is 0.164 e. The third-order valence-electron chi connectivity index (χ3n) is 5.57. The van der Waals surface area contributed by atoms with Gasteiger partial charge in [-0.2, -0.15) is 0 Å². The molecule has 27 heavy (non-hydrogen) atoms. The molecular formula is C20H18N6S. The summed E-state index contributed by atoms with van der Waals surface area (Å²) in [5.41, 5.74) is 2.59. The summed E-state index contributed by atoms with van der Waals surface area (Å²) in [6.07, 6.45) is 5.29. The van der Waals surface area contributed by atoms with Crippen LogP contribution in [0.15, 0.2) is 36.7 Å². The first-order valence-corrected chi connectivity index (χ1v) is 10.2. The lowest BCUT2D eigenvalue weighted by Gasteiger charge is -2.29. The van der Waals surface area contributed by atoms with Crippen molar-refractivity contribution >= 4 is 27.4 Å². The predicted molar refractivity (Wildman–Crippen MR) is 106 cm³/mol. The van der Waals surface area contributed by atoms with Crippen LogP contribution >= 0.6 is 11.3 Å². The Morgan fingerprint density at radius 3 is 2.81 bits per heavy atom. The van der Waals surface area contributed by atoms with E-state index in [1.165, 1.54) is 28.7 Å². The highest BCUT2D eigenvalue weighted by molar-refractivity contribution is 7.19. The minimum Gasteiger partial charge on any atom is -0.347 e. The second kappa shape index (κ2) is 5.85. The van der Waals surface area contributed by atoms with Gasteiger partial charge >= 0.3 is 0 Å². The summed E-state index contributed by atoms with van der Waals surface area (Å²) in [6, 6.07) is 10.3. The first kappa shape index (κ1) is 15.3. The van der Waals surface area contributed by atoms with Gasteiger partial charge in [-0.25, -0.2) is 9.97 Å². The fourth-order valence-electron chi connectivity index (χ4n) is 4.29. The standard InChI is InChI=1S/C20H18N6S/c1-2-5-13(6-3-1)18-24-23-16-11-25(9-10-26(16)18)19-17-14-7-4-8-15(14)27-20(17)22-12-21-19/h1-3,5-6,12H,4,7-11H2. The summed E-state index contributed by atoms with van der Waals surface area (Å²) in [6.45, 7) is 2.50. The van der Waals surface area contributed by atoms with Crippen LogP contribution in [0.1, 0.15) is 22.7 Å². The maximum absolute atomic E-state index is 4.68. The van der Waals surface area contributed by atoms with Gasteiger partial charge in [0, 0.05) is 23.5 Å². The summed E-state index contributed by atoms with van der Waals surface area (Å²) in [5, 5.41) is 10.2. The van der Waals surface area contributed by atoms with Crippen LogP contribution in [0.2, 0.25) is 0 Å². The highest BCUT2D eigenvalue weighted by Crippen LogP contribution is 2.40. The molecule has 0 saturated heterocycles. The molecule has 0 bridgehead atoms. The molecule has 0 saturated carbocycles. The Balaban J connectivity index is 1.40. The Hall–Kier alpha value is -2.80. The SMILES string of the molecule is c1ccc(-c2nnc3n2CCN(c2ncnc4sc5c(c24)CCC5)C3)cc1. The Bertz CT molecular complexity index is 1150. The third-order valence-corrected chi connectivity index (χ3v) is 6.77. The molecule has 2 aliphatic rings. The van der Waals surface area contributed by atoms with Crippen molar-refractivity contribution in [2.45, 2.75) is 32.4 Å². The van der Waals surface area contributed by atoms with Crippen molar-refractivity contribution < 1.29 is 0 Å². The van der Waals surface area contributed by atoms with Gasteiger partial charge in [0.15, 0.2) is 11.6 Å². The average molecular weight is 374 g/mol. The van der Waals surface area contributed by atoms with Gasteiger partial charge in [0.25, 0.3) is 0 Å². The largest absolute Gasteiger partial charge is 0.347 e. The van der Waals surface area contributed by atoms with Gasteiger partial charge in [0.1, 0.15) is 17.0 Å². The Kier molecular flexibility index (Phi) is 3.31. The number of nitrogens with zero attached hydrogens (tertiary/aromatic N) is 6. The number of benzene rings is 1. The van der Waals surface area contributed by atoms with E-state index in [0.717, 1.165) is 53.9 Å². The normalized spacial score (nSPS) is 15.9. The van der Waals surface area contributed by atoms with E-state index in [4.69, 9.17) is 0 Å². The number of hydrogen-bond donors (Lipinski definition) is 0. The zero-order valence-corrected chi connectivity index (χ0v) is 15.6. The van der Waals surface area contributed by atoms with E-state index >= 15 is 0 Å². The smallest absolute Gasteiger partial charge is 0.164 e. The van der Waals surface area contributed by atoms with Crippen LogP contribution in [-0.4, -0.2) is 31.3 Å². The van der Waals surface area contributed by atoms with Crippen LogP contribution in [0.25, 0.3) is 21.6 Å². The van der Waals surface area contributed by atoms with E-state index in [2.05, 4.69) is 41.8 Å². The zero-order chi connectivity index (χ0) is 17.8. The van der Waals surface area contributed by atoms with Crippen LogP contribution in [0.3, 0.4) is 0 Å². The summed E-state index contributed by atoms with van der Waals surface area (Å²) in [4.78, 5) is 14.2. The molecule has 134 valence electrons. The summed E-state index contributed by atoms with van der Waals surface area (Å²) >= 11 is 1.84. The number of hydrogen-bond acceptors (Lipinski definition) is 6. The van der Waals surface area contributed by atoms with Crippen molar-refractivity contribution in [3.05, 3.63) is 52.9 Å². The third kappa shape index (κ3) is 2.31. The summed E-state index contributed by atoms with van der Waals surface area (Å²) < 4.78 is 2.24. The van der Waals surface area contributed by atoms with Gasteiger partial charge in [-0.15, -0.1) is 21.5 Å². The summed E-state index contributed by atoms with van der Waals surface area (Å²) in [5.74, 6) is 3.02. The fraction of sp³-hybridized carbons (Fsp3) is 0.300. The van der Waals surface area contributed by atoms with E-state index < -0.39 is 0 Å². The maximum atomic E-state index is 4.68. The predicted octanol–water partition coefficient (Wildman–Crippen LogP) is 3.46. The number of rotatable bonds is 2. The van der Waals surface area contributed by atoms with Gasteiger partial charge in [0.2, 0.25) is 0 Å². The first-order valence-electron chi connectivity index (χ1n) is 9.36. The van der Waals surface area contributed by atoms with Crippen LogP contribution in [0, 0.1) is 0 Å². The Morgan fingerprint density at radius 1 is 0.963 bits per heavy atom. The molecule has 0 atom stereocenters. The molecule has 1 aliphatic carbocycles. The van der Waals surface area contributed by atoms with Crippen molar-refractivity contribution in [3.8, 4) is 11.4 Å². The highest BCUT2D eigenvalue weighted by Gasteiger charge is 2.27. The molecule has 0 radical (unpaired) electrons. The minimum atomic E-state index is 0.733. The molecule has 1 aliphatic heterocycles. The van der Waals surface area contributed by atoms with Crippen LogP contribution in [-0.2, 0) is 25.9 Å². The van der Waals surface area contributed by atoms with E-state index in [9.17, 15) is 0 Å². The van der Waals surface area contributed by atoms with Gasteiger partial charge < -0.3 is 9.47 Å². The van der Waals surface area contributed by atoms with Crippen molar-refractivity contribution in [1.29, 1.82) is 0 Å². The van der Waals surface area contributed by atoms with Crippen molar-refractivity contribution in [3.63, 3.8) is 0 Å².